The van der Waals surface area contributed by atoms with Crippen molar-refractivity contribution in [2.75, 3.05) is 0 Å². The summed E-state index contributed by atoms with van der Waals surface area (Å²) in [6.45, 7) is 7.29. The molecule has 0 radical (unpaired) electrons. The Morgan fingerprint density at radius 2 is 1.65 bits per heavy atom. The van der Waals surface area contributed by atoms with Crippen molar-refractivity contribution in [2.45, 2.75) is 43.9 Å². The van der Waals surface area contributed by atoms with Gasteiger partial charge in [-0.25, -0.2) is 13.2 Å². The summed E-state index contributed by atoms with van der Waals surface area (Å²) in [5.41, 5.74) is 1.74. The van der Waals surface area contributed by atoms with Gasteiger partial charge in [0.05, 0.1) is 10.6 Å². The van der Waals surface area contributed by atoms with Crippen molar-refractivity contribution in [1.29, 1.82) is 0 Å². The molecule has 0 saturated heterocycles. The van der Waals surface area contributed by atoms with E-state index in [-0.39, 0.29) is 10.6 Å². The molecule has 0 aliphatic carbocycles. The molecule has 0 spiro atoms. The summed E-state index contributed by atoms with van der Waals surface area (Å²) in [5.74, 6) is -0.598. The van der Waals surface area contributed by atoms with Crippen LogP contribution < -0.4 is 0 Å². The maximum atomic E-state index is 12.7. The average molecular weight is 372 g/mol. The zero-order valence-corrected chi connectivity index (χ0v) is 16.3. The van der Waals surface area contributed by atoms with Gasteiger partial charge in [-0.1, -0.05) is 42.0 Å². The number of carbonyl (C=O) groups excluding carboxylic acids is 1. The predicted molar refractivity (Wildman–Crippen MR) is 103 cm³/mol. The summed E-state index contributed by atoms with van der Waals surface area (Å²) < 4.78 is 30.6. The first-order valence-corrected chi connectivity index (χ1v) is 10.0. The van der Waals surface area contributed by atoms with Crippen LogP contribution in [0.2, 0.25) is 0 Å². The monoisotopic (exact) mass is 372 g/mol. The molecule has 2 rings (SSSR count). The van der Waals surface area contributed by atoms with Crippen molar-refractivity contribution in [3.05, 3.63) is 71.3 Å². The normalized spacial score (nSPS) is 12.3. The second-order valence-corrected chi connectivity index (χ2v) is 9.13. The Morgan fingerprint density at radius 3 is 2.27 bits per heavy atom. The minimum Gasteiger partial charge on any atom is -0.457 e. The topological polar surface area (TPSA) is 60.4 Å². The Balaban J connectivity index is 2.23. The minimum atomic E-state index is -3.47. The molecule has 0 bridgehead atoms. The number of esters is 1. The van der Waals surface area contributed by atoms with Gasteiger partial charge in [-0.3, -0.25) is 0 Å². The Labute approximate surface area is 155 Å². The van der Waals surface area contributed by atoms with Crippen LogP contribution in [0.15, 0.2) is 59.5 Å². The second kappa shape index (κ2) is 7.87. The lowest BCUT2D eigenvalue weighted by Crippen LogP contribution is -2.22. The van der Waals surface area contributed by atoms with E-state index in [4.69, 9.17) is 4.74 Å². The zero-order chi connectivity index (χ0) is 19.4. The van der Waals surface area contributed by atoms with Gasteiger partial charge in [-0.2, -0.15) is 0 Å². The summed E-state index contributed by atoms with van der Waals surface area (Å²) in [7, 11) is -3.47. The highest BCUT2D eigenvalue weighted by atomic mass is 32.2. The van der Waals surface area contributed by atoms with Gasteiger partial charge in [0.1, 0.15) is 5.60 Å². The summed E-state index contributed by atoms with van der Waals surface area (Å²) in [6.07, 6.45) is 2.91. The van der Waals surface area contributed by atoms with Crippen molar-refractivity contribution in [2.24, 2.45) is 0 Å². The Hall–Kier alpha value is -2.40. The molecular weight excluding hydrogens is 348 g/mol. The van der Waals surface area contributed by atoms with Crippen LogP contribution in [0.4, 0.5) is 0 Å². The van der Waals surface area contributed by atoms with Gasteiger partial charge < -0.3 is 4.74 Å². The second-order valence-electron chi connectivity index (χ2n) is 7.14. The highest BCUT2D eigenvalue weighted by Crippen LogP contribution is 2.20. The van der Waals surface area contributed by atoms with Crippen LogP contribution in [0.1, 0.15) is 37.5 Å². The molecule has 26 heavy (non-hydrogen) atoms. The van der Waals surface area contributed by atoms with E-state index < -0.39 is 21.4 Å². The average Bonchev–Trinajstić information content (AvgIpc) is 2.52. The van der Waals surface area contributed by atoms with Crippen LogP contribution in [-0.2, 0) is 25.1 Å². The van der Waals surface area contributed by atoms with Gasteiger partial charge in [0.15, 0.2) is 9.84 Å². The van der Waals surface area contributed by atoms with E-state index in [2.05, 4.69) is 0 Å². The molecule has 2 aromatic rings. The molecule has 0 heterocycles. The fourth-order valence-corrected chi connectivity index (χ4v) is 3.75. The standard InChI is InChI=1S/C21H24O4S/c1-16-9-12-19(13-10-16)26(23,24)15-18-8-6-5-7-17(18)11-14-20(22)25-21(2,3)4/h5-14H,15H2,1-4H3/b14-11+. The number of rotatable bonds is 5. The summed E-state index contributed by atoms with van der Waals surface area (Å²) in [4.78, 5) is 12.1. The third-order valence-electron chi connectivity index (χ3n) is 3.59. The lowest BCUT2D eigenvalue weighted by Gasteiger charge is -2.18. The summed E-state index contributed by atoms with van der Waals surface area (Å²) >= 11 is 0. The number of ether oxygens (including phenoxy) is 1. The lowest BCUT2D eigenvalue weighted by molar-refractivity contribution is -0.148. The van der Waals surface area contributed by atoms with Crippen LogP contribution in [0.5, 0.6) is 0 Å². The molecule has 0 aromatic heterocycles. The molecule has 2 aromatic carbocycles. The fourth-order valence-electron chi connectivity index (χ4n) is 2.36. The van der Waals surface area contributed by atoms with Gasteiger partial charge >= 0.3 is 5.97 Å². The number of aryl methyl sites for hydroxylation is 1. The molecule has 138 valence electrons. The van der Waals surface area contributed by atoms with Gasteiger partial charge in [-0.05, 0) is 57.0 Å². The smallest absolute Gasteiger partial charge is 0.331 e. The first kappa shape index (κ1) is 19.9. The van der Waals surface area contributed by atoms with Crippen LogP contribution >= 0.6 is 0 Å². The molecular formula is C21H24O4S. The van der Waals surface area contributed by atoms with Crippen LogP contribution in [0, 0.1) is 6.92 Å². The van der Waals surface area contributed by atoms with Crippen LogP contribution in [0.3, 0.4) is 0 Å². The first-order valence-electron chi connectivity index (χ1n) is 8.35. The zero-order valence-electron chi connectivity index (χ0n) is 15.5. The number of sulfone groups is 1. The number of hydrogen-bond acceptors (Lipinski definition) is 4. The van der Waals surface area contributed by atoms with Crippen molar-refractivity contribution < 1.29 is 17.9 Å². The lowest BCUT2D eigenvalue weighted by atomic mass is 10.1. The quantitative estimate of drug-likeness (QED) is 0.579. The number of carbonyl (C=O) groups is 1. The number of hydrogen-bond donors (Lipinski definition) is 0. The van der Waals surface area contributed by atoms with Crippen molar-refractivity contribution in [1.82, 2.24) is 0 Å². The Kier molecular flexibility index (Phi) is 6.03. The molecule has 0 saturated carbocycles. The highest BCUT2D eigenvalue weighted by Gasteiger charge is 2.17. The van der Waals surface area contributed by atoms with Crippen molar-refractivity contribution in [3.63, 3.8) is 0 Å². The van der Waals surface area contributed by atoms with E-state index in [1.807, 2.05) is 6.92 Å². The molecule has 0 N–H and O–H groups in total. The van der Waals surface area contributed by atoms with Gasteiger partial charge in [0.2, 0.25) is 0 Å². The van der Waals surface area contributed by atoms with Crippen molar-refractivity contribution in [3.8, 4) is 0 Å². The summed E-state index contributed by atoms with van der Waals surface area (Å²) in [6, 6.07) is 13.9. The molecule has 4 nitrogen and oxygen atoms in total. The molecule has 0 amide bonds. The third-order valence-corrected chi connectivity index (χ3v) is 5.27. The molecule has 0 unspecified atom stereocenters. The van der Waals surface area contributed by atoms with E-state index in [1.165, 1.54) is 6.08 Å². The van der Waals surface area contributed by atoms with E-state index in [0.29, 0.717) is 11.1 Å². The maximum Gasteiger partial charge on any atom is 0.331 e. The van der Waals surface area contributed by atoms with Gasteiger partial charge in [-0.15, -0.1) is 0 Å². The largest absolute Gasteiger partial charge is 0.457 e. The van der Waals surface area contributed by atoms with Crippen LogP contribution in [0.25, 0.3) is 6.08 Å². The highest BCUT2D eigenvalue weighted by molar-refractivity contribution is 7.90. The van der Waals surface area contributed by atoms with E-state index in [9.17, 15) is 13.2 Å². The van der Waals surface area contributed by atoms with E-state index in [1.54, 1.807) is 75.4 Å². The fraction of sp³-hybridized carbons (Fsp3) is 0.286. The molecule has 5 heteroatoms. The number of benzene rings is 2. The van der Waals surface area contributed by atoms with Crippen LogP contribution in [-0.4, -0.2) is 20.0 Å². The predicted octanol–water partition coefficient (Wildman–Crippen LogP) is 4.32. The minimum absolute atomic E-state index is 0.134. The molecule has 0 atom stereocenters. The SMILES string of the molecule is Cc1ccc(S(=O)(=O)Cc2ccccc2/C=C/C(=O)OC(C)(C)C)cc1. The first-order chi connectivity index (χ1) is 12.1. The summed E-state index contributed by atoms with van der Waals surface area (Å²) in [5, 5.41) is 0. The van der Waals surface area contributed by atoms with Crippen molar-refractivity contribution >= 4 is 21.9 Å². The van der Waals surface area contributed by atoms with Gasteiger partial charge in [0, 0.05) is 6.08 Å². The maximum absolute atomic E-state index is 12.7. The molecule has 0 fully saturated rings. The molecule has 0 aliphatic heterocycles. The Morgan fingerprint density at radius 1 is 1.04 bits per heavy atom. The van der Waals surface area contributed by atoms with E-state index in [0.717, 1.165) is 5.56 Å². The third kappa shape index (κ3) is 5.85. The molecule has 0 aliphatic rings. The van der Waals surface area contributed by atoms with E-state index >= 15 is 0 Å². The Bertz CT molecular complexity index is 902. The van der Waals surface area contributed by atoms with Gasteiger partial charge in [0.25, 0.3) is 0 Å².